The monoisotopic (exact) mass is 477 g/mol. The molecule has 1 unspecified atom stereocenters. The van der Waals surface area contributed by atoms with Gasteiger partial charge in [0.15, 0.2) is 0 Å². The average molecular weight is 478 g/mol. The molecule has 1 atom stereocenters. The van der Waals surface area contributed by atoms with Gasteiger partial charge in [0.1, 0.15) is 11.6 Å². The van der Waals surface area contributed by atoms with E-state index in [0.717, 1.165) is 55.4 Å². The van der Waals surface area contributed by atoms with Crippen LogP contribution in [0.1, 0.15) is 58.1 Å². The summed E-state index contributed by atoms with van der Waals surface area (Å²) in [6.45, 7) is 8.82. The molecule has 2 heterocycles. The fourth-order valence-corrected chi connectivity index (χ4v) is 5.67. The first kappa shape index (κ1) is 21.6. The normalized spacial score (nSPS) is 25.0. The summed E-state index contributed by atoms with van der Waals surface area (Å²) in [5, 5.41) is 3.04. The predicted octanol–water partition coefficient (Wildman–Crippen LogP) is 4.10. The van der Waals surface area contributed by atoms with Crippen molar-refractivity contribution in [1.29, 1.82) is 0 Å². The van der Waals surface area contributed by atoms with Crippen molar-refractivity contribution in [2.24, 2.45) is 5.41 Å². The molecule has 0 bridgehead atoms. The number of carbonyl (C=O) groups is 2. The number of halogens is 1. The summed E-state index contributed by atoms with van der Waals surface area (Å²) in [4.78, 5) is 29.4. The van der Waals surface area contributed by atoms with Crippen LogP contribution in [0, 0.1) is 5.41 Å². The second-order valence-corrected chi connectivity index (χ2v) is 10.8. The number of ether oxygens (including phenoxy) is 1. The van der Waals surface area contributed by atoms with Crippen LogP contribution >= 0.6 is 15.9 Å². The zero-order valence-corrected chi connectivity index (χ0v) is 19.7. The first-order valence-electron chi connectivity index (χ1n) is 10.9. The second-order valence-electron chi connectivity index (χ2n) is 9.98. The molecule has 2 aliphatic heterocycles. The van der Waals surface area contributed by atoms with Gasteiger partial charge in [0.25, 0.3) is 0 Å². The molecular formula is C23H32BrN3O3. The van der Waals surface area contributed by atoms with Crippen molar-refractivity contribution in [3.05, 3.63) is 34.3 Å². The van der Waals surface area contributed by atoms with E-state index in [1.165, 1.54) is 0 Å². The van der Waals surface area contributed by atoms with E-state index >= 15 is 0 Å². The molecule has 1 spiro atoms. The van der Waals surface area contributed by atoms with Crippen molar-refractivity contribution in [2.45, 2.75) is 64.1 Å². The smallest absolute Gasteiger partial charge is 0.410 e. The molecule has 1 aromatic carbocycles. The van der Waals surface area contributed by atoms with Gasteiger partial charge in [-0.25, -0.2) is 4.79 Å². The number of likely N-dealkylation sites (tertiary alicyclic amines) is 1. The fourth-order valence-electron chi connectivity index (χ4n) is 5.17. The van der Waals surface area contributed by atoms with Crippen LogP contribution in [-0.2, 0) is 9.53 Å². The first-order valence-corrected chi connectivity index (χ1v) is 11.7. The highest BCUT2D eigenvalue weighted by Crippen LogP contribution is 2.52. The van der Waals surface area contributed by atoms with Gasteiger partial charge in [-0.3, -0.25) is 9.69 Å². The van der Waals surface area contributed by atoms with Crippen LogP contribution in [0.15, 0.2) is 28.7 Å². The van der Waals surface area contributed by atoms with E-state index in [1.807, 2.05) is 49.9 Å². The molecule has 30 heavy (non-hydrogen) atoms. The van der Waals surface area contributed by atoms with Crippen LogP contribution in [-0.4, -0.2) is 59.6 Å². The van der Waals surface area contributed by atoms with E-state index in [0.29, 0.717) is 18.0 Å². The number of nitrogens with one attached hydrogen (secondary N) is 1. The minimum absolute atomic E-state index is 0.0915. The third-order valence-corrected chi connectivity index (χ3v) is 7.45. The lowest BCUT2D eigenvalue weighted by molar-refractivity contribution is -0.136. The number of hydrogen-bond donors (Lipinski definition) is 1. The van der Waals surface area contributed by atoms with Crippen LogP contribution < -0.4 is 5.32 Å². The third kappa shape index (κ3) is 4.37. The van der Waals surface area contributed by atoms with E-state index in [1.54, 1.807) is 0 Å². The molecule has 3 aliphatic rings. The van der Waals surface area contributed by atoms with Crippen LogP contribution in [0.4, 0.5) is 4.79 Å². The van der Waals surface area contributed by atoms with E-state index in [9.17, 15) is 9.59 Å². The Morgan fingerprint density at radius 3 is 2.47 bits per heavy atom. The van der Waals surface area contributed by atoms with Gasteiger partial charge in [0, 0.05) is 36.7 Å². The van der Waals surface area contributed by atoms with Gasteiger partial charge >= 0.3 is 6.09 Å². The SMILES string of the molecule is CC(C)(C)OC(=O)N1CCC2(CC1)CC(N1CCNC(=O)C1c1ccccc1Br)C2. The highest BCUT2D eigenvalue weighted by atomic mass is 79.9. The van der Waals surface area contributed by atoms with Gasteiger partial charge < -0.3 is 15.0 Å². The number of nitrogens with zero attached hydrogens (tertiary/aromatic N) is 2. The molecule has 2 amide bonds. The summed E-state index contributed by atoms with van der Waals surface area (Å²) in [6, 6.07) is 8.20. The zero-order chi connectivity index (χ0) is 21.5. The molecule has 2 saturated heterocycles. The maximum Gasteiger partial charge on any atom is 0.410 e. The molecular weight excluding hydrogens is 446 g/mol. The van der Waals surface area contributed by atoms with Crippen molar-refractivity contribution >= 4 is 27.9 Å². The molecule has 6 nitrogen and oxygen atoms in total. The van der Waals surface area contributed by atoms with Gasteiger partial charge in [0.2, 0.25) is 5.91 Å². The zero-order valence-electron chi connectivity index (χ0n) is 18.1. The number of piperidine rings is 1. The predicted molar refractivity (Wildman–Crippen MR) is 119 cm³/mol. The Balaban J connectivity index is 1.38. The van der Waals surface area contributed by atoms with Gasteiger partial charge in [-0.05, 0) is 63.5 Å². The van der Waals surface area contributed by atoms with E-state index in [2.05, 4.69) is 26.1 Å². The van der Waals surface area contributed by atoms with Crippen molar-refractivity contribution in [3.63, 3.8) is 0 Å². The largest absolute Gasteiger partial charge is 0.444 e. The molecule has 4 rings (SSSR count). The summed E-state index contributed by atoms with van der Waals surface area (Å²) in [5.41, 5.74) is 0.884. The van der Waals surface area contributed by atoms with E-state index in [4.69, 9.17) is 4.74 Å². The maximum atomic E-state index is 12.8. The molecule has 0 aromatic heterocycles. The van der Waals surface area contributed by atoms with Crippen LogP contribution in [0.2, 0.25) is 0 Å². The average Bonchev–Trinajstić information content (AvgIpc) is 2.65. The summed E-state index contributed by atoms with van der Waals surface area (Å²) < 4.78 is 6.51. The number of hydrogen-bond acceptors (Lipinski definition) is 4. The molecule has 1 aliphatic carbocycles. The quantitative estimate of drug-likeness (QED) is 0.696. The molecule has 3 fully saturated rings. The van der Waals surface area contributed by atoms with Crippen molar-refractivity contribution in [1.82, 2.24) is 15.1 Å². The fraction of sp³-hybridized carbons (Fsp3) is 0.652. The number of amides is 2. The Labute approximate surface area is 187 Å². The Morgan fingerprint density at radius 2 is 1.83 bits per heavy atom. The summed E-state index contributed by atoms with van der Waals surface area (Å²) in [5.74, 6) is 0.0915. The maximum absolute atomic E-state index is 12.8. The lowest BCUT2D eigenvalue weighted by Crippen LogP contribution is -2.61. The minimum Gasteiger partial charge on any atom is -0.444 e. The standard InChI is InChI=1S/C23H32BrN3O3/c1-22(2,3)30-21(29)26-11-8-23(9-12-26)14-16(15-23)27-13-10-25-20(28)19(27)17-6-4-5-7-18(17)24/h4-7,16,19H,8-15H2,1-3H3,(H,25,28). The first-order chi connectivity index (χ1) is 14.2. The van der Waals surface area contributed by atoms with Crippen LogP contribution in [0.5, 0.6) is 0 Å². The molecule has 1 saturated carbocycles. The van der Waals surface area contributed by atoms with Gasteiger partial charge in [-0.15, -0.1) is 0 Å². The number of piperazine rings is 1. The second kappa shape index (κ2) is 8.15. The minimum atomic E-state index is -0.455. The topological polar surface area (TPSA) is 61.9 Å². The van der Waals surface area contributed by atoms with Crippen molar-refractivity contribution in [3.8, 4) is 0 Å². The summed E-state index contributed by atoms with van der Waals surface area (Å²) >= 11 is 3.63. The van der Waals surface area contributed by atoms with Gasteiger partial charge in [-0.2, -0.15) is 0 Å². The molecule has 1 aromatic rings. The molecule has 7 heteroatoms. The van der Waals surface area contributed by atoms with Crippen LogP contribution in [0.25, 0.3) is 0 Å². The van der Waals surface area contributed by atoms with Gasteiger partial charge in [0.05, 0.1) is 0 Å². The van der Waals surface area contributed by atoms with Crippen molar-refractivity contribution < 1.29 is 14.3 Å². The molecule has 0 radical (unpaired) electrons. The lowest BCUT2D eigenvalue weighted by Gasteiger charge is -2.57. The summed E-state index contributed by atoms with van der Waals surface area (Å²) in [6.07, 6.45) is 4.03. The number of rotatable bonds is 2. The summed E-state index contributed by atoms with van der Waals surface area (Å²) in [7, 11) is 0. The van der Waals surface area contributed by atoms with Crippen molar-refractivity contribution in [2.75, 3.05) is 26.2 Å². The molecule has 164 valence electrons. The lowest BCUT2D eigenvalue weighted by atomic mass is 9.59. The number of carbonyl (C=O) groups excluding carboxylic acids is 2. The van der Waals surface area contributed by atoms with Crippen LogP contribution in [0.3, 0.4) is 0 Å². The highest BCUT2D eigenvalue weighted by molar-refractivity contribution is 9.10. The Kier molecular flexibility index (Phi) is 5.88. The Bertz CT molecular complexity index is 806. The highest BCUT2D eigenvalue weighted by Gasteiger charge is 2.51. The third-order valence-electron chi connectivity index (χ3n) is 6.73. The molecule has 1 N–H and O–H groups in total. The number of benzene rings is 1. The van der Waals surface area contributed by atoms with E-state index < -0.39 is 5.60 Å². The Morgan fingerprint density at radius 1 is 1.17 bits per heavy atom. The van der Waals surface area contributed by atoms with Gasteiger partial charge in [-0.1, -0.05) is 34.1 Å². The Hall–Kier alpha value is -1.60. The van der Waals surface area contributed by atoms with E-state index in [-0.39, 0.29) is 18.0 Å².